The Hall–Kier alpha value is -2.34. The molecule has 6 nitrogen and oxygen atoms in total. The van der Waals surface area contributed by atoms with E-state index in [4.69, 9.17) is 15.2 Å². The van der Waals surface area contributed by atoms with Gasteiger partial charge in [-0.25, -0.2) is 4.98 Å². The molecule has 1 aromatic carbocycles. The third kappa shape index (κ3) is 5.82. The van der Waals surface area contributed by atoms with Crippen molar-refractivity contribution < 1.29 is 9.47 Å². The van der Waals surface area contributed by atoms with Crippen LogP contribution in [-0.2, 0) is 6.54 Å². The monoisotopic (exact) mass is 370 g/mol. The second-order valence-electron chi connectivity index (χ2n) is 8.09. The summed E-state index contributed by atoms with van der Waals surface area (Å²) in [6, 6.07) is 7.67. The number of benzene rings is 1. The number of hydrogen-bond acceptors (Lipinski definition) is 6. The number of rotatable bonds is 6. The van der Waals surface area contributed by atoms with Gasteiger partial charge in [0.15, 0.2) is 0 Å². The normalized spacial score (nSPS) is 16.3. The molecule has 0 spiro atoms. The number of piperidine rings is 1. The fourth-order valence-electron chi connectivity index (χ4n) is 3.18. The van der Waals surface area contributed by atoms with Crippen LogP contribution in [0, 0.1) is 5.92 Å². The van der Waals surface area contributed by atoms with Crippen LogP contribution in [-0.4, -0.2) is 40.2 Å². The van der Waals surface area contributed by atoms with Gasteiger partial charge in [-0.3, -0.25) is 9.88 Å². The summed E-state index contributed by atoms with van der Waals surface area (Å²) in [5.74, 6) is 1.96. The van der Waals surface area contributed by atoms with Crippen molar-refractivity contribution in [3.63, 3.8) is 0 Å². The van der Waals surface area contributed by atoms with Crippen molar-refractivity contribution in [1.82, 2.24) is 14.9 Å². The van der Waals surface area contributed by atoms with Gasteiger partial charge in [0.05, 0.1) is 12.3 Å². The zero-order chi connectivity index (χ0) is 19.3. The van der Waals surface area contributed by atoms with E-state index in [1.165, 1.54) is 0 Å². The molecule has 3 rings (SSSR count). The number of aromatic nitrogens is 2. The van der Waals surface area contributed by atoms with Crippen molar-refractivity contribution in [2.24, 2.45) is 5.92 Å². The second-order valence-corrected chi connectivity index (χ2v) is 8.09. The van der Waals surface area contributed by atoms with Crippen LogP contribution in [0.15, 0.2) is 36.7 Å². The molecule has 1 aliphatic rings. The van der Waals surface area contributed by atoms with E-state index in [9.17, 15) is 0 Å². The van der Waals surface area contributed by atoms with Crippen molar-refractivity contribution in [2.75, 3.05) is 25.4 Å². The summed E-state index contributed by atoms with van der Waals surface area (Å²) in [4.78, 5) is 11.3. The molecule has 1 aromatic heterocycles. The van der Waals surface area contributed by atoms with Gasteiger partial charge in [0.1, 0.15) is 17.0 Å². The fraction of sp³-hybridized carbons (Fsp3) is 0.524. The molecule has 1 aliphatic heterocycles. The van der Waals surface area contributed by atoms with Gasteiger partial charge in [-0.2, -0.15) is 0 Å². The Morgan fingerprint density at radius 1 is 1.11 bits per heavy atom. The first-order valence-electron chi connectivity index (χ1n) is 9.59. The first kappa shape index (κ1) is 19.4. The van der Waals surface area contributed by atoms with Crippen molar-refractivity contribution in [3.8, 4) is 11.6 Å². The molecular formula is C21H30N4O2. The lowest BCUT2D eigenvalue weighted by Crippen LogP contribution is -2.35. The Balaban J connectivity index is 1.49. The lowest BCUT2D eigenvalue weighted by Gasteiger charge is -2.32. The van der Waals surface area contributed by atoms with Crippen LogP contribution >= 0.6 is 0 Å². The summed E-state index contributed by atoms with van der Waals surface area (Å²) >= 11 is 0. The van der Waals surface area contributed by atoms with E-state index in [-0.39, 0.29) is 5.60 Å². The highest BCUT2D eigenvalue weighted by Crippen LogP contribution is 2.25. The lowest BCUT2D eigenvalue weighted by atomic mass is 9.97. The van der Waals surface area contributed by atoms with E-state index in [1.54, 1.807) is 12.4 Å². The first-order chi connectivity index (χ1) is 12.9. The summed E-state index contributed by atoms with van der Waals surface area (Å²) in [6.45, 7) is 9.58. The Morgan fingerprint density at radius 3 is 2.52 bits per heavy atom. The number of ether oxygens (including phenoxy) is 2. The van der Waals surface area contributed by atoms with Crippen LogP contribution < -0.4 is 15.2 Å². The molecule has 2 N–H and O–H groups in total. The third-order valence-electron chi connectivity index (χ3n) is 4.61. The summed E-state index contributed by atoms with van der Waals surface area (Å²) in [6.07, 6.45) is 5.62. The number of nitrogens with two attached hydrogens (primary N) is 1. The van der Waals surface area contributed by atoms with Gasteiger partial charge in [-0.1, -0.05) is 12.1 Å². The summed E-state index contributed by atoms with van der Waals surface area (Å²) < 4.78 is 11.9. The molecule has 0 unspecified atom stereocenters. The average Bonchev–Trinajstić information content (AvgIpc) is 2.63. The Bertz CT molecular complexity index is 737. The molecule has 2 heterocycles. The number of nitrogens with zero attached hydrogens (tertiary/aromatic N) is 3. The standard InChI is InChI=1S/C21H30N4O2/c1-21(2,3)27-20-18(23-10-11-24-20)14-25-12-8-16(9-13-25)15-26-19-7-5-4-6-17(19)22/h4-7,10-11,16H,8-9,12-15,22H2,1-3H3. The van der Waals surface area contributed by atoms with Gasteiger partial charge < -0.3 is 15.2 Å². The van der Waals surface area contributed by atoms with Crippen LogP contribution in [0.2, 0.25) is 0 Å². The van der Waals surface area contributed by atoms with Crippen LogP contribution in [0.1, 0.15) is 39.3 Å². The highest BCUT2D eigenvalue weighted by molar-refractivity contribution is 5.51. The summed E-state index contributed by atoms with van der Waals surface area (Å²) in [5.41, 5.74) is 7.26. The molecular weight excluding hydrogens is 340 g/mol. The van der Waals surface area contributed by atoms with Gasteiger partial charge in [-0.15, -0.1) is 0 Å². The number of para-hydroxylation sites is 2. The number of hydrogen-bond donors (Lipinski definition) is 1. The molecule has 146 valence electrons. The van der Waals surface area contributed by atoms with E-state index >= 15 is 0 Å². The topological polar surface area (TPSA) is 73.5 Å². The van der Waals surface area contributed by atoms with Crippen molar-refractivity contribution in [3.05, 3.63) is 42.4 Å². The molecule has 0 amide bonds. The zero-order valence-electron chi connectivity index (χ0n) is 16.5. The minimum Gasteiger partial charge on any atom is -0.491 e. The van der Waals surface area contributed by atoms with Crippen LogP contribution in [0.4, 0.5) is 5.69 Å². The van der Waals surface area contributed by atoms with Gasteiger partial charge in [0.2, 0.25) is 5.88 Å². The van der Waals surface area contributed by atoms with Crippen molar-refractivity contribution in [2.45, 2.75) is 45.8 Å². The molecule has 1 fully saturated rings. The molecule has 2 aromatic rings. The van der Waals surface area contributed by atoms with Gasteiger partial charge in [0, 0.05) is 18.9 Å². The van der Waals surface area contributed by atoms with Crippen LogP contribution in [0.3, 0.4) is 0 Å². The molecule has 0 saturated carbocycles. The van der Waals surface area contributed by atoms with Crippen LogP contribution in [0.25, 0.3) is 0 Å². The van der Waals surface area contributed by atoms with Gasteiger partial charge in [0.25, 0.3) is 0 Å². The van der Waals surface area contributed by atoms with Crippen molar-refractivity contribution in [1.29, 1.82) is 0 Å². The zero-order valence-corrected chi connectivity index (χ0v) is 16.5. The van der Waals surface area contributed by atoms with Crippen molar-refractivity contribution >= 4 is 5.69 Å². The lowest BCUT2D eigenvalue weighted by molar-refractivity contribution is 0.112. The van der Waals surface area contributed by atoms with Gasteiger partial charge in [-0.05, 0) is 64.8 Å². The highest BCUT2D eigenvalue weighted by Gasteiger charge is 2.23. The quantitative estimate of drug-likeness (QED) is 0.784. The van der Waals surface area contributed by atoms with E-state index in [2.05, 4.69) is 14.9 Å². The average molecular weight is 370 g/mol. The SMILES string of the molecule is CC(C)(C)Oc1nccnc1CN1CCC(COc2ccccc2N)CC1. The molecule has 0 atom stereocenters. The predicted molar refractivity (Wildman–Crippen MR) is 107 cm³/mol. The molecule has 6 heteroatoms. The van der Waals surface area contributed by atoms with E-state index < -0.39 is 0 Å². The van der Waals surface area contributed by atoms with E-state index in [0.29, 0.717) is 24.1 Å². The fourth-order valence-corrected chi connectivity index (χ4v) is 3.18. The maximum absolute atomic E-state index is 5.96. The minimum atomic E-state index is -0.283. The smallest absolute Gasteiger partial charge is 0.237 e. The number of nitrogen functional groups attached to an aromatic ring is 1. The molecule has 1 saturated heterocycles. The van der Waals surface area contributed by atoms with Gasteiger partial charge >= 0.3 is 0 Å². The molecule has 0 radical (unpaired) electrons. The number of likely N-dealkylation sites (tertiary alicyclic amines) is 1. The maximum Gasteiger partial charge on any atom is 0.237 e. The third-order valence-corrected chi connectivity index (χ3v) is 4.61. The second kappa shape index (κ2) is 8.57. The molecule has 0 aliphatic carbocycles. The van der Waals surface area contributed by atoms with E-state index in [0.717, 1.165) is 43.9 Å². The predicted octanol–water partition coefficient (Wildman–Crippen LogP) is 3.53. The first-order valence-corrected chi connectivity index (χ1v) is 9.59. The minimum absolute atomic E-state index is 0.283. The molecule has 0 bridgehead atoms. The molecule has 27 heavy (non-hydrogen) atoms. The summed E-state index contributed by atoms with van der Waals surface area (Å²) in [5, 5.41) is 0. The Kier molecular flexibility index (Phi) is 6.16. The van der Waals surface area contributed by atoms with Crippen LogP contribution in [0.5, 0.6) is 11.6 Å². The largest absolute Gasteiger partial charge is 0.491 e. The van der Waals surface area contributed by atoms with E-state index in [1.807, 2.05) is 45.0 Å². The number of anilines is 1. The highest BCUT2D eigenvalue weighted by atomic mass is 16.5. The maximum atomic E-state index is 5.96. The Morgan fingerprint density at radius 2 is 1.81 bits per heavy atom. The Labute approximate surface area is 161 Å². The summed E-state index contributed by atoms with van der Waals surface area (Å²) in [7, 11) is 0.